The largest absolute Gasteiger partial charge is 0.416 e. The van der Waals surface area contributed by atoms with Crippen LogP contribution < -0.4 is 5.32 Å². The van der Waals surface area contributed by atoms with Crippen LogP contribution in [0.2, 0.25) is 5.02 Å². The number of nitrogens with one attached hydrogen (secondary N) is 1. The lowest BCUT2D eigenvalue weighted by molar-refractivity contribution is -0.137. The van der Waals surface area contributed by atoms with Gasteiger partial charge in [0.2, 0.25) is 0 Å². The van der Waals surface area contributed by atoms with Crippen molar-refractivity contribution in [3.8, 4) is 5.69 Å². The smallest absolute Gasteiger partial charge is 0.321 e. The van der Waals surface area contributed by atoms with Crippen LogP contribution in [0.3, 0.4) is 0 Å². The highest BCUT2D eigenvalue weighted by Crippen LogP contribution is 2.30. The van der Waals surface area contributed by atoms with Gasteiger partial charge in [-0.15, -0.1) is 0 Å². The van der Waals surface area contributed by atoms with Crippen molar-refractivity contribution in [3.63, 3.8) is 0 Å². The molecule has 8 heteroatoms. The Kier molecular flexibility index (Phi) is 4.73. The van der Waals surface area contributed by atoms with Gasteiger partial charge in [0.25, 0.3) is 5.91 Å². The number of alkyl halides is 3. The number of aromatic nitrogens is 2. The Balaban J connectivity index is 1.87. The Labute approximate surface area is 152 Å². The van der Waals surface area contributed by atoms with E-state index in [2.05, 4.69) is 10.4 Å². The number of nitrogens with zero attached hydrogens (tertiary/aromatic N) is 2. The third-order valence-corrected chi connectivity index (χ3v) is 3.89. The van der Waals surface area contributed by atoms with Crippen LogP contribution in [-0.4, -0.2) is 15.7 Å². The number of amides is 1. The average Bonchev–Trinajstić information content (AvgIpc) is 2.98. The number of anilines is 1. The monoisotopic (exact) mass is 379 g/mol. The summed E-state index contributed by atoms with van der Waals surface area (Å²) in [5, 5.41) is 7.32. The van der Waals surface area contributed by atoms with Gasteiger partial charge in [-0.2, -0.15) is 18.3 Å². The summed E-state index contributed by atoms with van der Waals surface area (Å²) in [6, 6.07) is 12.8. The van der Waals surface area contributed by atoms with Gasteiger partial charge in [-0.05, 0) is 55.5 Å². The van der Waals surface area contributed by atoms with E-state index in [4.69, 9.17) is 11.6 Å². The molecule has 3 rings (SSSR count). The van der Waals surface area contributed by atoms with Crippen molar-refractivity contribution in [2.24, 2.45) is 0 Å². The van der Waals surface area contributed by atoms with Crippen LogP contribution in [0.25, 0.3) is 5.69 Å². The maximum absolute atomic E-state index is 12.9. The van der Waals surface area contributed by atoms with Gasteiger partial charge in [0, 0.05) is 16.4 Å². The van der Waals surface area contributed by atoms with E-state index >= 15 is 0 Å². The van der Waals surface area contributed by atoms with Gasteiger partial charge in [-0.3, -0.25) is 4.79 Å². The number of rotatable bonds is 3. The molecule has 0 aliphatic rings. The molecule has 0 saturated heterocycles. The molecule has 1 N–H and O–H groups in total. The highest BCUT2D eigenvalue weighted by atomic mass is 35.5. The van der Waals surface area contributed by atoms with Gasteiger partial charge >= 0.3 is 6.18 Å². The molecule has 0 aliphatic heterocycles. The SMILES string of the molecule is Cc1cc(C(=O)Nc2ccc(Cl)cc2)nn1-c1cccc(C(F)(F)F)c1. The molecule has 134 valence electrons. The number of carbonyl (C=O) groups is 1. The molecule has 4 nitrogen and oxygen atoms in total. The number of aryl methyl sites for hydroxylation is 1. The Hall–Kier alpha value is -2.80. The molecule has 26 heavy (non-hydrogen) atoms. The second-order valence-electron chi connectivity index (χ2n) is 5.59. The van der Waals surface area contributed by atoms with Crippen LogP contribution >= 0.6 is 11.6 Å². The number of halogens is 4. The molecule has 2 aromatic carbocycles. The molecule has 0 atom stereocenters. The molecule has 0 saturated carbocycles. The molecule has 0 spiro atoms. The van der Waals surface area contributed by atoms with Crippen LogP contribution in [0.4, 0.5) is 18.9 Å². The van der Waals surface area contributed by atoms with Crippen molar-refractivity contribution in [2.75, 3.05) is 5.32 Å². The summed E-state index contributed by atoms with van der Waals surface area (Å²) in [4.78, 5) is 12.3. The minimum atomic E-state index is -4.45. The number of hydrogen-bond acceptors (Lipinski definition) is 2. The lowest BCUT2D eigenvalue weighted by Gasteiger charge is -2.09. The lowest BCUT2D eigenvalue weighted by atomic mass is 10.2. The molecule has 0 aliphatic carbocycles. The fourth-order valence-corrected chi connectivity index (χ4v) is 2.52. The van der Waals surface area contributed by atoms with Crippen LogP contribution in [0.1, 0.15) is 21.7 Å². The summed E-state index contributed by atoms with van der Waals surface area (Å²) in [5.74, 6) is -0.471. The maximum Gasteiger partial charge on any atom is 0.416 e. The standard InChI is InChI=1S/C18H13ClF3N3O/c1-11-9-16(17(26)23-14-7-5-13(19)6-8-14)24-25(11)15-4-2-3-12(10-15)18(20,21)22/h2-10H,1H3,(H,23,26). The third kappa shape index (κ3) is 3.88. The van der Waals surface area contributed by atoms with Crippen molar-refractivity contribution < 1.29 is 18.0 Å². The van der Waals surface area contributed by atoms with Crippen molar-refractivity contribution in [2.45, 2.75) is 13.1 Å². The van der Waals surface area contributed by atoms with Crippen molar-refractivity contribution in [1.82, 2.24) is 9.78 Å². The van der Waals surface area contributed by atoms with Crippen molar-refractivity contribution in [1.29, 1.82) is 0 Å². The van der Waals surface area contributed by atoms with E-state index in [1.165, 1.54) is 22.9 Å². The van der Waals surface area contributed by atoms with Crippen LogP contribution in [-0.2, 0) is 6.18 Å². The Morgan fingerprint density at radius 3 is 2.46 bits per heavy atom. The summed E-state index contributed by atoms with van der Waals surface area (Å²) >= 11 is 5.79. The van der Waals surface area contributed by atoms with Gasteiger partial charge in [-0.1, -0.05) is 17.7 Å². The van der Waals surface area contributed by atoms with E-state index < -0.39 is 17.6 Å². The van der Waals surface area contributed by atoms with Crippen LogP contribution in [0.15, 0.2) is 54.6 Å². The fraction of sp³-hybridized carbons (Fsp3) is 0.111. The molecule has 1 heterocycles. The minimum absolute atomic E-state index is 0.0925. The van der Waals surface area contributed by atoms with Crippen LogP contribution in [0.5, 0.6) is 0 Å². The van der Waals surface area contributed by atoms with Crippen LogP contribution in [0, 0.1) is 6.92 Å². The van der Waals surface area contributed by atoms with Gasteiger partial charge in [-0.25, -0.2) is 4.68 Å². The number of benzene rings is 2. The van der Waals surface area contributed by atoms with Crippen molar-refractivity contribution >= 4 is 23.2 Å². The quantitative estimate of drug-likeness (QED) is 0.687. The molecule has 0 unspecified atom stereocenters. The zero-order chi connectivity index (χ0) is 18.9. The zero-order valence-corrected chi connectivity index (χ0v) is 14.3. The Morgan fingerprint density at radius 1 is 1.12 bits per heavy atom. The first kappa shape index (κ1) is 18.0. The topological polar surface area (TPSA) is 46.9 Å². The highest BCUT2D eigenvalue weighted by molar-refractivity contribution is 6.30. The molecule has 1 amide bonds. The van der Waals surface area contributed by atoms with Gasteiger partial charge in [0.1, 0.15) is 0 Å². The molecular weight excluding hydrogens is 367 g/mol. The van der Waals surface area contributed by atoms with Crippen molar-refractivity contribution in [3.05, 3.63) is 76.6 Å². The van der Waals surface area contributed by atoms with E-state index in [9.17, 15) is 18.0 Å². The van der Waals surface area contributed by atoms with E-state index in [-0.39, 0.29) is 11.4 Å². The summed E-state index contributed by atoms with van der Waals surface area (Å²) in [6.45, 7) is 1.66. The zero-order valence-electron chi connectivity index (χ0n) is 13.5. The van der Waals surface area contributed by atoms with Gasteiger partial charge in [0.05, 0.1) is 11.3 Å². The average molecular weight is 380 g/mol. The molecular formula is C18H13ClF3N3O. The first-order chi connectivity index (χ1) is 12.2. The first-order valence-electron chi connectivity index (χ1n) is 7.55. The normalized spacial score (nSPS) is 11.4. The summed E-state index contributed by atoms with van der Waals surface area (Å²) in [6.07, 6.45) is -4.45. The third-order valence-electron chi connectivity index (χ3n) is 3.64. The molecule has 0 fully saturated rings. The predicted octanol–water partition coefficient (Wildman–Crippen LogP) is 5.11. The second-order valence-corrected chi connectivity index (χ2v) is 6.03. The highest BCUT2D eigenvalue weighted by Gasteiger charge is 2.30. The number of carbonyl (C=O) groups excluding carboxylic acids is 1. The molecule has 1 aromatic heterocycles. The minimum Gasteiger partial charge on any atom is -0.321 e. The summed E-state index contributed by atoms with van der Waals surface area (Å²) in [5.41, 5.74) is 0.603. The number of hydrogen-bond donors (Lipinski definition) is 1. The lowest BCUT2D eigenvalue weighted by Crippen LogP contribution is -2.13. The van der Waals surface area contributed by atoms with E-state index in [0.29, 0.717) is 16.4 Å². The van der Waals surface area contributed by atoms with E-state index in [0.717, 1.165) is 12.1 Å². The molecule has 0 radical (unpaired) electrons. The van der Waals surface area contributed by atoms with E-state index in [1.54, 1.807) is 31.2 Å². The van der Waals surface area contributed by atoms with Gasteiger partial charge in [0.15, 0.2) is 5.69 Å². The maximum atomic E-state index is 12.9. The second kappa shape index (κ2) is 6.84. The Morgan fingerprint density at radius 2 is 1.81 bits per heavy atom. The summed E-state index contributed by atoms with van der Waals surface area (Å²) < 4.78 is 40.0. The van der Waals surface area contributed by atoms with Gasteiger partial charge < -0.3 is 5.32 Å². The fourth-order valence-electron chi connectivity index (χ4n) is 2.39. The summed E-state index contributed by atoms with van der Waals surface area (Å²) in [7, 11) is 0. The Bertz CT molecular complexity index is 949. The first-order valence-corrected chi connectivity index (χ1v) is 7.93. The molecule has 3 aromatic rings. The van der Waals surface area contributed by atoms with E-state index in [1.807, 2.05) is 0 Å². The predicted molar refractivity (Wildman–Crippen MR) is 92.7 cm³/mol. The molecule has 0 bridgehead atoms.